The standard InChI is InChI=1S/C16H25NO4S/c1-11-9-12(2)14(4)15(13(11)3)22(19,20)17-10-16(18)5-7-21-8-6-16/h9,17-18H,5-8,10H2,1-4H3. The average Bonchev–Trinajstić information content (AvgIpc) is 2.44. The van der Waals surface area contributed by atoms with Crippen molar-refractivity contribution in [1.82, 2.24) is 4.72 Å². The lowest BCUT2D eigenvalue weighted by Crippen LogP contribution is -2.46. The summed E-state index contributed by atoms with van der Waals surface area (Å²) in [6.07, 6.45) is 0.890. The summed E-state index contributed by atoms with van der Waals surface area (Å²) in [6.45, 7) is 8.39. The number of rotatable bonds is 4. The first kappa shape index (κ1) is 17.4. The van der Waals surface area contributed by atoms with E-state index in [-0.39, 0.29) is 6.54 Å². The Bertz CT molecular complexity index is 635. The molecule has 0 bridgehead atoms. The topological polar surface area (TPSA) is 75.6 Å². The van der Waals surface area contributed by atoms with Crippen molar-refractivity contribution in [3.8, 4) is 0 Å². The molecule has 22 heavy (non-hydrogen) atoms. The van der Waals surface area contributed by atoms with E-state index in [1.54, 1.807) is 0 Å². The number of sulfonamides is 1. The zero-order chi connectivity index (χ0) is 16.5. The van der Waals surface area contributed by atoms with Crippen LogP contribution in [0.4, 0.5) is 0 Å². The molecule has 0 radical (unpaired) electrons. The van der Waals surface area contributed by atoms with E-state index in [2.05, 4.69) is 4.72 Å². The minimum absolute atomic E-state index is 0.0184. The number of aliphatic hydroxyl groups is 1. The van der Waals surface area contributed by atoms with Crippen molar-refractivity contribution in [3.63, 3.8) is 0 Å². The van der Waals surface area contributed by atoms with E-state index < -0.39 is 15.6 Å². The molecule has 1 aromatic carbocycles. The highest BCUT2D eigenvalue weighted by atomic mass is 32.2. The fraction of sp³-hybridized carbons (Fsp3) is 0.625. The van der Waals surface area contributed by atoms with Gasteiger partial charge in [0, 0.05) is 32.6 Å². The maximum atomic E-state index is 12.7. The second kappa shape index (κ2) is 6.28. The fourth-order valence-electron chi connectivity index (χ4n) is 2.81. The second-order valence-electron chi connectivity index (χ2n) is 6.25. The van der Waals surface area contributed by atoms with Gasteiger partial charge in [0.05, 0.1) is 10.5 Å². The van der Waals surface area contributed by atoms with Crippen LogP contribution >= 0.6 is 0 Å². The van der Waals surface area contributed by atoms with E-state index in [0.717, 1.165) is 22.3 Å². The van der Waals surface area contributed by atoms with Gasteiger partial charge in [0.1, 0.15) is 0 Å². The molecule has 0 aliphatic carbocycles. The van der Waals surface area contributed by atoms with Gasteiger partial charge >= 0.3 is 0 Å². The van der Waals surface area contributed by atoms with Crippen molar-refractivity contribution in [2.45, 2.75) is 51.0 Å². The van der Waals surface area contributed by atoms with Gasteiger partial charge in [0.2, 0.25) is 10.0 Å². The SMILES string of the molecule is Cc1cc(C)c(C)c(S(=O)(=O)NCC2(O)CCOCC2)c1C. The van der Waals surface area contributed by atoms with Crippen molar-refractivity contribution >= 4 is 10.0 Å². The van der Waals surface area contributed by atoms with E-state index in [1.165, 1.54) is 0 Å². The smallest absolute Gasteiger partial charge is 0.241 e. The largest absolute Gasteiger partial charge is 0.388 e. The Kier molecular flexibility index (Phi) is 4.96. The second-order valence-corrected chi connectivity index (χ2v) is 7.95. The normalized spacial score (nSPS) is 18.4. The predicted octanol–water partition coefficient (Wildman–Crippen LogP) is 1.74. The summed E-state index contributed by atoms with van der Waals surface area (Å²) in [4.78, 5) is 0.334. The van der Waals surface area contributed by atoms with Crippen molar-refractivity contribution in [2.24, 2.45) is 0 Å². The molecule has 124 valence electrons. The predicted molar refractivity (Wildman–Crippen MR) is 85.6 cm³/mol. The van der Waals surface area contributed by atoms with Crippen LogP contribution < -0.4 is 4.72 Å². The summed E-state index contributed by atoms with van der Waals surface area (Å²) in [7, 11) is -3.65. The van der Waals surface area contributed by atoms with Crippen LogP contribution in [0.15, 0.2) is 11.0 Å². The third kappa shape index (κ3) is 3.51. The van der Waals surface area contributed by atoms with Gasteiger partial charge < -0.3 is 9.84 Å². The zero-order valence-electron chi connectivity index (χ0n) is 13.7. The molecule has 1 aliphatic rings. The number of aryl methyl sites for hydroxylation is 2. The van der Waals surface area contributed by atoms with Crippen LogP contribution in [0.25, 0.3) is 0 Å². The lowest BCUT2D eigenvalue weighted by atomic mass is 9.95. The lowest BCUT2D eigenvalue weighted by molar-refractivity contribution is -0.0588. The van der Waals surface area contributed by atoms with Crippen LogP contribution in [-0.4, -0.2) is 38.9 Å². The monoisotopic (exact) mass is 327 g/mol. The van der Waals surface area contributed by atoms with Crippen molar-refractivity contribution in [3.05, 3.63) is 28.3 Å². The molecule has 0 amide bonds. The highest BCUT2D eigenvalue weighted by Crippen LogP contribution is 2.27. The summed E-state index contributed by atoms with van der Waals surface area (Å²) >= 11 is 0. The molecule has 1 aromatic rings. The first-order valence-electron chi connectivity index (χ1n) is 7.53. The van der Waals surface area contributed by atoms with Crippen LogP contribution in [0.3, 0.4) is 0 Å². The summed E-state index contributed by atoms with van der Waals surface area (Å²) in [6, 6.07) is 2.00. The Labute approximate surface area is 132 Å². The molecule has 2 N–H and O–H groups in total. The quantitative estimate of drug-likeness (QED) is 0.883. The molecular formula is C16H25NO4S. The third-order valence-electron chi connectivity index (χ3n) is 4.58. The molecule has 0 unspecified atom stereocenters. The Morgan fingerprint density at radius 3 is 2.14 bits per heavy atom. The summed E-state index contributed by atoms with van der Waals surface area (Å²) in [5.41, 5.74) is 2.40. The van der Waals surface area contributed by atoms with Gasteiger partial charge in [-0.25, -0.2) is 13.1 Å². The maximum absolute atomic E-state index is 12.7. The molecule has 0 atom stereocenters. The van der Waals surface area contributed by atoms with Crippen molar-refractivity contribution in [1.29, 1.82) is 0 Å². The molecule has 5 nitrogen and oxygen atoms in total. The van der Waals surface area contributed by atoms with E-state index >= 15 is 0 Å². The molecule has 0 saturated carbocycles. The van der Waals surface area contributed by atoms with Crippen LogP contribution in [0.1, 0.15) is 35.1 Å². The van der Waals surface area contributed by atoms with Crippen LogP contribution in [0.2, 0.25) is 0 Å². The van der Waals surface area contributed by atoms with Gasteiger partial charge in [-0.3, -0.25) is 0 Å². The molecule has 1 heterocycles. The third-order valence-corrected chi connectivity index (χ3v) is 6.25. The molecule has 1 saturated heterocycles. The van der Waals surface area contributed by atoms with Crippen LogP contribution in [-0.2, 0) is 14.8 Å². The van der Waals surface area contributed by atoms with Gasteiger partial charge in [-0.15, -0.1) is 0 Å². The summed E-state index contributed by atoms with van der Waals surface area (Å²) in [5, 5.41) is 10.4. The van der Waals surface area contributed by atoms with Gasteiger partial charge in [-0.05, 0) is 49.9 Å². The van der Waals surface area contributed by atoms with Gasteiger partial charge in [0.15, 0.2) is 0 Å². The highest BCUT2D eigenvalue weighted by Gasteiger charge is 2.32. The molecular weight excluding hydrogens is 302 g/mol. The first-order valence-corrected chi connectivity index (χ1v) is 9.02. The molecule has 1 aliphatic heterocycles. The number of hydrogen-bond acceptors (Lipinski definition) is 4. The highest BCUT2D eigenvalue weighted by molar-refractivity contribution is 7.89. The molecule has 1 fully saturated rings. The van der Waals surface area contributed by atoms with E-state index in [0.29, 0.717) is 31.0 Å². The fourth-order valence-corrected chi connectivity index (χ4v) is 4.54. The Hall–Kier alpha value is -0.950. The van der Waals surface area contributed by atoms with E-state index in [9.17, 15) is 13.5 Å². The first-order chi connectivity index (χ1) is 10.2. The molecule has 2 rings (SSSR count). The Balaban J connectivity index is 2.28. The lowest BCUT2D eigenvalue weighted by Gasteiger charge is -2.32. The minimum atomic E-state index is -3.65. The number of hydrogen-bond donors (Lipinski definition) is 2. The van der Waals surface area contributed by atoms with Gasteiger partial charge in [-0.1, -0.05) is 6.07 Å². The van der Waals surface area contributed by atoms with E-state index in [4.69, 9.17) is 4.74 Å². The molecule has 6 heteroatoms. The zero-order valence-corrected chi connectivity index (χ0v) is 14.5. The number of nitrogens with one attached hydrogen (secondary N) is 1. The molecule has 0 spiro atoms. The van der Waals surface area contributed by atoms with Crippen LogP contribution in [0, 0.1) is 27.7 Å². The average molecular weight is 327 g/mol. The van der Waals surface area contributed by atoms with Crippen molar-refractivity contribution < 1.29 is 18.3 Å². The van der Waals surface area contributed by atoms with Gasteiger partial charge in [-0.2, -0.15) is 0 Å². The summed E-state index contributed by atoms with van der Waals surface area (Å²) < 4.78 is 33.2. The van der Waals surface area contributed by atoms with Crippen LogP contribution in [0.5, 0.6) is 0 Å². The Morgan fingerprint density at radius 1 is 1.14 bits per heavy atom. The number of ether oxygens (including phenoxy) is 1. The van der Waals surface area contributed by atoms with E-state index in [1.807, 2.05) is 33.8 Å². The Morgan fingerprint density at radius 2 is 1.64 bits per heavy atom. The van der Waals surface area contributed by atoms with Crippen molar-refractivity contribution in [2.75, 3.05) is 19.8 Å². The molecule has 0 aromatic heterocycles. The minimum Gasteiger partial charge on any atom is -0.388 e. The van der Waals surface area contributed by atoms with Gasteiger partial charge in [0.25, 0.3) is 0 Å². The summed E-state index contributed by atoms with van der Waals surface area (Å²) in [5.74, 6) is 0. The maximum Gasteiger partial charge on any atom is 0.241 e. The number of benzene rings is 1.